The predicted molar refractivity (Wildman–Crippen MR) is 48.0 cm³/mol. The molecule has 0 bridgehead atoms. The van der Waals surface area contributed by atoms with Crippen LogP contribution in [0.25, 0.3) is 10.8 Å². The van der Waals surface area contributed by atoms with E-state index in [0.29, 0.717) is 0 Å². The molecule has 1 heterocycles. The molecular formula is C10H3F6NO. The standard InChI is InChI=1S/C10H3F6NO/c1-18-10-3-2(6(13)9(16)17-10)4(11)7(14)8(15)5(3)12/h1H3. The first-order valence-corrected chi connectivity index (χ1v) is 4.44. The first kappa shape index (κ1) is 12.5. The summed E-state index contributed by atoms with van der Waals surface area (Å²) in [5, 5.41) is -2.50. The average Bonchev–Trinajstić information content (AvgIpc) is 2.36. The van der Waals surface area contributed by atoms with E-state index < -0.39 is 51.7 Å². The smallest absolute Gasteiger partial charge is 0.252 e. The van der Waals surface area contributed by atoms with Crippen LogP contribution in [-0.4, -0.2) is 12.1 Å². The zero-order valence-electron chi connectivity index (χ0n) is 8.62. The third-order valence-corrected chi connectivity index (χ3v) is 2.27. The van der Waals surface area contributed by atoms with Crippen molar-refractivity contribution in [3.8, 4) is 5.88 Å². The topological polar surface area (TPSA) is 22.1 Å². The number of hydrogen-bond donors (Lipinski definition) is 0. The first-order chi connectivity index (χ1) is 8.40. The first-order valence-electron chi connectivity index (χ1n) is 4.44. The summed E-state index contributed by atoms with van der Waals surface area (Å²) in [4.78, 5) is 2.83. The highest BCUT2D eigenvalue weighted by Gasteiger charge is 2.28. The molecule has 0 amide bonds. The van der Waals surface area contributed by atoms with E-state index in [9.17, 15) is 26.3 Å². The maximum absolute atomic E-state index is 13.4. The van der Waals surface area contributed by atoms with Gasteiger partial charge < -0.3 is 4.74 Å². The highest BCUT2D eigenvalue weighted by molar-refractivity contribution is 5.88. The van der Waals surface area contributed by atoms with Crippen LogP contribution in [-0.2, 0) is 0 Å². The fourth-order valence-electron chi connectivity index (χ4n) is 1.48. The number of nitrogens with zero attached hydrogens (tertiary/aromatic N) is 1. The summed E-state index contributed by atoms with van der Waals surface area (Å²) in [6.07, 6.45) is 0. The molecule has 0 atom stereocenters. The van der Waals surface area contributed by atoms with E-state index in [1.54, 1.807) is 0 Å². The molecule has 18 heavy (non-hydrogen) atoms. The lowest BCUT2D eigenvalue weighted by molar-refractivity contribution is 0.375. The summed E-state index contributed by atoms with van der Waals surface area (Å²) in [7, 11) is 0.901. The zero-order valence-corrected chi connectivity index (χ0v) is 8.62. The van der Waals surface area contributed by atoms with Crippen molar-refractivity contribution in [1.82, 2.24) is 4.98 Å². The lowest BCUT2D eigenvalue weighted by atomic mass is 10.1. The molecule has 2 nitrogen and oxygen atoms in total. The Hall–Kier alpha value is -1.99. The molecule has 0 fully saturated rings. The van der Waals surface area contributed by atoms with Crippen LogP contribution >= 0.6 is 0 Å². The Bertz CT molecular complexity index is 657. The molecule has 2 aromatic rings. The van der Waals surface area contributed by atoms with Crippen LogP contribution in [0.4, 0.5) is 26.3 Å². The molecule has 8 heteroatoms. The van der Waals surface area contributed by atoms with E-state index in [1.165, 1.54) is 0 Å². The van der Waals surface area contributed by atoms with Gasteiger partial charge in [-0.2, -0.15) is 9.37 Å². The molecule has 2 rings (SSSR count). The fourth-order valence-corrected chi connectivity index (χ4v) is 1.48. The number of pyridine rings is 1. The number of aromatic nitrogens is 1. The van der Waals surface area contributed by atoms with Crippen LogP contribution in [0, 0.1) is 35.0 Å². The minimum absolute atomic E-state index is 0.890. The lowest BCUT2D eigenvalue weighted by Gasteiger charge is -2.09. The molecule has 0 unspecified atom stereocenters. The van der Waals surface area contributed by atoms with Crippen molar-refractivity contribution >= 4 is 10.8 Å². The van der Waals surface area contributed by atoms with Crippen LogP contribution in [0.3, 0.4) is 0 Å². The molecule has 1 aromatic carbocycles. The molecule has 0 saturated heterocycles. The third kappa shape index (κ3) is 1.48. The molecule has 1 aromatic heterocycles. The molecule has 0 saturated carbocycles. The summed E-state index contributed by atoms with van der Waals surface area (Å²) in [6, 6.07) is 0. The second-order valence-electron chi connectivity index (χ2n) is 3.23. The van der Waals surface area contributed by atoms with Crippen molar-refractivity contribution < 1.29 is 31.1 Å². The minimum atomic E-state index is -2.24. The maximum Gasteiger partial charge on any atom is 0.252 e. The monoisotopic (exact) mass is 267 g/mol. The largest absolute Gasteiger partial charge is 0.480 e. The molecule has 0 aliphatic rings. The van der Waals surface area contributed by atoms with Crippen LogP contribution < -0.4 is 4.74 Å². The molecule has 0 N–H and O–H groups in total. The van der Waals surface area contributed by atoms with Gasteiger partial charge in [-0.1, -0.05) is 0 Å². The van der Waals surface area contributed by atoms with Gasteiger partial charge in [0.25, 0.3) is 5.95 Å². The Kier molecular flexibility index (Phi) is 2.80. The number of rotatable bonds is 1. The zero-order chi connectivity index (χ0) is 13.6. The minimum Gasteiger partial charge on any atom is -0.480 e. The Morgan fingerprint density at radius 3 is 1.72 bits per heavy atom. The normalized spacial score (nSPS) is 11.1. The van der Waals surface area contributed by atoms with Crippen molar-refractivity contribution in [3.63, 3.8) is 0 Å². The highest BCUT2D eigenvalue weighted by atomic mass is 19.2. The van der Waals surface area contributed by atoms with Gasteiger partial charge >= 0.3 is 0 Å². The van der Waals surface area contributed by atoms with E-state index in [0.717, 1.165) is 7.11 Å². The van der Waals surface area contributed by atoms with Gasteiger partial charge in [0.2, 0.25) is 5.88 Å². The van der Waals surface area contributed by atoms with Crippen LogP contribution in [0.2, 0.25) is 0 Å². The van der Waals surface area contributed by atoms with E-state index in [2.05, 4.69) is 9.72 Å². The number of hydrogen-bond acceptors (Lipinski definition) is 2. The predicted octanol–water partition coefficient (Wildman–Crippen LogP) is 3.08. The van der Waals surface area contributed by atoms with Gasteiger partial charge in [0.05, 0.1) is 17.9 Å². The quantitative estimate of drug-likeness (QED) is 0.343. The Morgan fingerprint density at radius 1 is 0.722 bits per heavy atom. The Morgan fingerprint density at radius 2 is 1.22 bits per heavy atom. The molecule has 0 radical (unpaired) electrons. The SMILES string of the molecule is COc1nc(F)c(F)c2c(F)c(F)c(F)c(F)c12. The van der Waals surface area contributed by atoms with Crippen molar-refractivity contribution in [2.24, 2.45) is 0 Å². The van der Waals surface area contributed by atoms with Gasteiger partial charge in [0.1, 0.15) is 0 Å². The van der Waals surface area contributed by atoms with Crippen molar-refractivity contribution in [2.75, 3.05) is 7.11 Å². The molecule has 0 spiro atoms. The van der Waals surface area contributed by atoms with E-state index in [4.69, 9.17) is 0 Å². The average molecular weight is 267 g/mol. The summed E-state index contributed by atoms with van der Waals surface area (Å²) < 4.78 is 83.3. The molecule has 0 aliphatic heterocycles. The number of benzene rings is 1. The lowest BCUT2D eigenvalue weighted by Crippen LogP contribution is -2.05. The Balaban J connectivity index is 3.14. The van der Waals surface area contributed by atoms with Gasteiger partial charge in [-0.3, -0.25) is 0 Å². The molecule has 0 aliphatic carbocycles. The number of halogens is 6. The summed E-state index contributed by atoms with van der Waals surface area (Å²) in [5.74, 6) is -13.0. The second-order valence-corrected chi connectivity index (χ2v) is 3.23. The van der Waals surface area contributed by atoms with Crippen LogP contribution in [0.15, 0.2) is 0 Å². The maximum atomic E-state index is 13.4. The van der Waals surface area contributed by atoms with E-state index >= 15 is 0 Å². The summed E-state index contributed by atoms with van der Waals surface area (Å²) in [6.45, 7) is 0. The van der Waals surface area contributed by atoms with Gasteiger partial charge in [0, 0.05) is 0 Å². The van der Waals surface area contributed by atoms with E-state index in [1.807, 2.05) is 0 Å². The van der Waals surface area contributed by atoms with Gasteiger partial charge in [-0.15, -0.1) is 0 Å². The number of methoxy groups -OCH3 is 1. The van der Waals surface area contributed by atoms with Gasteiger partial charge in [0.15, 0.2) is 29.1 Å². The number of fused-ring (bicyclic) bond motifs is 1. The summed E-state index contributed by atoms with van der Waals surface area (Å²) in [5.41, 5.74) is 0. The molecule has 96 valence electrons. The molecular weight excluding hydrogens is 264 g/mol. The second kappa shape index (κ2) is 4.04. The summed E-state index contributed by atoms with van der Waals surface area (Å²) >= 11 is 0. The van der Waals surface area contributed by atoms with Crippen molar-refractivity contribution in [1.29, 1.82) is 0 Å². The fraction of sp³-hybridized carbons (Fsp3) is 0.100. The van der Waals surface area contributed by atoms with Gasteiger partial charge in [-0.25, -0.2) is 22.0 Å². The van der Waals surface area contributed by atoms with Crippen molar-refractivity contribution in [3.05, 3.63) is 35.0 Å². The van der Waals surface area contributed by atoms with Crippen LogP contribution in [0.5, 0.6) is 5.88 Å². The van der Waals surface area contributed by atoms with Crippen molar-refractivity contribution in [2.45, 2.75) is 0 Å². The third-order valence-electron chi connectivity index (χ3n) is 2.27. The Labute approximate surface area is 95.8 Å². The highest BCUT2D eigenvalue weighted by Crippen LogP contribution is 2.34. The van der Waals surface area contributed by atoms with E-state index in [-0.39, 0.29) is 0 Å². The van der Waals surface area contributed by atoms with Crippen LogP contribution in [0.1, 0.15) is 0 Å². The number of ether oxygens (including phenoxy) is 1. The van der Waals surface area contributed by atoms with Gasteiger partial charge in [-0.05, 0) is 0 Å².